The van der Waals surface area contributed by atoms with Gasteiger partial charge in [0, 0.05) is 17.9 Å². The fraction of sp³-hybridized carbons (Fsp3) is 0.571. The van der Waals surface area contributed by atoms with Crippen LogP contribution in [0.5, 0.6) is 0 Å². The second-order valence-electron chi connectivity index (χ2n) is 5.46. The van der Waals surface area contributed by atoms with E-state index in [1.54, 1.807) is 0 Å². The molecule has 1 nitrogen and oxygen atoms in total. The number of hydrogen-bond donors (Lipinski definition) is 0. The first-order valence-electron chi connectivity index (χ1n) is 6.26. The number of piperidine rings is 1. The van der Waals surface area contributed by atoms with Crippen LogP contribution in [0, 0.1) is 5.92 Å². The minimum absolute atomic E-state index is 0.661. The zero-order valence-electron chi connectivity index (χ0n) is 9.77. The van der Waals surface area contributed by atoms with Gasteiger partial charge in [-0.25, -0.2) is 0 Å². The van der Waals surface area contributed by atoms with Gasteiger partial charge < -0.3 is 4.48 Å². The van der Waals surface area contributed by atoms with Crippen molar-refractivity contribution < 1.29 is 4.48 Å². The highest BCUT2D eigenvalue weighted by molar-refractivity contribution is 9.09. The van der Waals surface area contributed by atoms with Gasteiger partial charge in [0.2, 0.25) is 0 Å². The van der Waals surface area contributed by atoms with E-state index < -0.39 is 0 Å². The number of quaternary nitrogens is 1. The lowest BCUT2D eigenvalue weighted by atomic mass is 10.0. The molecule has 0 aliphatic carbocycles. The van der Waals surface area contributed by atoms with Gasteiger partial charge in [0.1, 0.15) is 6.04 Å². The molecule has 2 saturated heterocycles. The molecule has 0 aromatic heterocycles. The summed E-state index contributed by atoms with van der Waals surface area (Å²) in [6.45, 7) is 6.48. The van der Waals surface area contributed by atoms with Gasteiger partial charge in [0.05, 0.1) is 24.5 Å². The molecule has 2 fully saturated rings. The van der Waals surface area contributed by atoms with Crippen molar-refractivity contribution >= 4 is 15.9 Å². The summed E-state index contributed by atoms with van der Waals surface area (Å²) in [6, 6.07) is 11.7. The molecule has 0 spiro atoms. The van der Waals surface area contributed by atoms with Crippen LogP contribution in [0.15, 0.2) is 30.3 Å². The van der Waals surface area contributed by atoms with Gasteiger partial charge in [0.15, 0.2) is 0 Å². The van der Waals surface area contributed by atoms with Crippen molar-refractivity contribution in [2.45, 2.75) is 24.2 Å². The Bertz CT molecular complexity index is 374. The standard InChI is InChI=1S/C14H19BrN/c1-11(12-5-3-2-4-6-12)16-8-7-13(9-16)14(15)10-16/h2-6,11,13-14H,7-10H2,1H3/q+1/t11-,13+,14?,16?/m0/s1. The first-order valence-corrected chi connectivity index (χ1v) is 7.18. The Morgan fingerprint density at radius 3 is 2.56 bits per heavy atom. The molecule has 4 atom stereocenters. The predicted molar refractivity (Wildman–Crippen MR) is 70.5 cm³/mol. The molecule has 0 N–H and O–H groups in total. The Kier molecular flexibility index (Phi) is 2.60. The number of alkyl halides is 1. The molecule has 16 heavy (non-hydrogen) atoms. The number of halogens is 1. The average Bonchev–Trinajstić information content (AvgIpc) is 2.87. The average molecular weight is 281 g/mol. The van der Waals surface area contributed by atoms with Crippen LogP contribution in [-0.4, -0.2) is 28.9 Å². The number of hydrogen-bond acceptors (Lipinski definition) is 0. The summed E-state index contributed by atoms with van der Waals surface area (Å²) in [6.07, 6.45) is 1.41. The summed E-state index contributed by atoms with van der Waals surface area (Å²) >= 11 is 3.86. The molecule has 3 rings (SSSR count). The molecular formula is C14H19BrN+. The molecule has 0 radical (unpaired) electrons. The summed E-state index contributed by atoms with van der Waals surface area (Å²) in [4.78, 5) is 0.757. The van der Waals surface area contributed by atoms with Gasteiger partial charge in [-0.2, -0.15) is 0 Å². The normalized spacial score (nSPS) is 38.9. The molecule has 2 aliphatic heterocycles. The van der Waals surface area contributed by atoms with Crippen LogP contribution < -0.4 is 0 Å². The fourth-order valence-corrected chi connectivity index (χ4v) is 4.60. The SMILES string of the molecule is C[C@@H](c1ccccc1)[N+]12CC[C@H](C1)C(Br)C2. The van der Waals surface area contributed by atoms with Gasteiger partial charge in [-0.1, -0.05) is 46.3 Å². The van der Waals surface area contributed by atoms with Crippen LogP contribution in [0.2, 0.25) is 0 Å². The zero-order valence-corrected chi connectivity index (χ0v) is 11.4. The predicted octanol–water partition coefficient (Wildman–Crippen LogP) is 3.36. The molecule has 0 amide bonds. The van der Waals surface area contributed by atoms with E-state index in [-0.39, 0.29) is 0 Å². The molecule has 2 aliphatic rings. The van der Waals surface area contributed by atoms with E-state index in [9.17, 15) is 0 Å². The second-order valence-corrected chi connectivity index (χ2v) is 6.63. The highest BCUT2D eigenvalue weighted by atomic mass is 79.9. The first-order chi connectivity index (χ1) is 7.71. The largest absolute Gasteiger partial charge is 0.316 e. The molecule has 0 saturated carbocycles. The lowest BCUT2D eigenvalue weighted by Crippen LogP contribution is -2.47. The van der Waals surface area contributed by atoms with Crippen molar-refractivity contribution in [3.8, 4) is 0 Å². The highest BCUT2D eigenvalue weighted by Gasteiger charge is 2.52. The van der Waals surface area contributed by atoms with Crippen LogP contribution in [-0.2, 0) is 0 Å². The van der Waals surface area contributed by atoms with Crippen LogP contribution >= 0.6 is 15.9 Å². The minimum atomic E-state index is 0.661. The molecule has 1 aromatic rings. The van der Waals surface area contributed by atoms with E-state index in [0.717, 1.165) is 10.7 Å². The van der Waals surface area contributed by atoms with E-state index in [4.69, 9.17) is 0 Å². The maximum absolute atomic E-state index is 3.86. The summed E-state index contributed by atoms with van der Waals surface area (Å²) in [5, 5.41) is 0. The maximum Gasteiger partial charge on any atom is 0.112 e. The van der Waals surface area contributed by atoms with E-state index in [1.165, 1.54) is 36.1 Å². The smallest absolute Gasteiger partial charge is 0.112 e. The summed E-state index contributed by atoms with van der Waals surface area (Å²) < 4.78 is 1.31. The molecule has 2 heterocycles. The fourth-order valence-electron chi connectivity index (χ4n) is 3.59. The maximum atomic E-state index is 3.86. The Balaban J connectivity index is 1.88. The van der Waals surface area contributed by atoms with Crippen molar-refractivity contribution in [1.29, 1.82) is 0 Å². The van der Waals surface area contributed by atoms with Gasteiger partial charge in [-0.05, 0) is 6.92 Å². The molecule has 2 unspecified atom stereocenters. The third-order valence-electron chi connectivity index (χ3n) is 4.70. The van der Waals surface area contributed by atoms with Crippen molar-refractivity contribution in [3.05, 3.63) is 35.9 Å². The number of nitrogens with zero attached hydrogens (tertiary/aromatic N) is 1. The van der Waals surface area contributed by atoms with Crippen LogP contribution in [0.1, 0.15) is 24.9 Å². The number of benzene rings is 1. The highest BCUT2D eigenvalue weighted by Crippen LogP contribution is 2.45. The molecule has 2 heteroatoms. The first kappa shape index (κ1) is 10.8. The monoisotopic (exact) mass is 280 g/mol. The Hall–Kier alpha value is -0.340. The topological polar surface area (TPSA) is 0 Å². The van der Waals surface area contributed by atoms with Crippen LogP contribution in [0.3, 0.4) is 0 Å². The lowest BCUT2D eigenvalue weighted by molar-refractivity contribution is -0.936. The second kappa shape index (κ2) is 3.85. The van der Waals surface area contributed by atoms with E-state index in [0.29, 0.717) is 6.04 Å². The molecule has 1 aromatic carbocycles. The van der Waals surface area contributed by atoms with Crippen molar-refractivity contribution in [2.75, 3.05) is 19.6 Å². The number of rotatable bonds is 2. The quantitative estimate of drug-likeness (QED) is 0.576. The number of fused-ring (bicyclic) bond motifs is 2. The summed E-state index contributed by atoms with van der Waals surface area (Å²) in [7, 11) is 0. The van der Waals surface area contributed by atoms with Crippen molar-refractivity contribution in [2.24, 2.45) is 5.92 Å². The summed E-state index contributed by atoms with van der Waals surface area (Å²) in [5.41, 5.74) is 1.50. The Morgan fingerprint density at radius 1 is 1.25 bits per heavy atom. The van der Waals surface area contributed by atoms with E-state index >= 15 is 0 Å². The van der Waals surface area contributed by atoms with Crippen LogP contribution in [0.25, 0.3) is 0 Å². The van der Waals surface area contributed by atoms with Gasteiger partial charge >= 0.3 is 0 Å². The molecule has 86 valence electrons. The summed E-state index contributed by atoms with van der Waals surface area (Å²) in [5.74, 6) is 0.922. The van der Waals surface area contributed by atoms with Gasteiger partial charge in [-0.3, -0.25) is 0 Å². The van der Waals surface area contributed by atoms with Crippen LogP contribution in [0.4, 0.5) is 0 Å². The third kappa shape index (κ3) is 1.54. The van der Waals surface area contributed by atoms with Gasteiger partial charge in [0.25, 0.3) is 0 Å². The molecular weight excluding hydrogens is 262 g/mol. The Morgan fingerprint density at radius 2 is 2.00 bits per heavy atom. The van der Waals surface area contributed by atoms with E-state index in [1.807, 2.05) is 0 Å². The molecule has 2 bridgehead atoms. The Labute approximate surface area is 106 Å². The zero-order chi connectivity index (χ0) is 11.2. The third-order valence-corrected chi connectivity index (χ3v) is 5.73. The lowest BCUT2D eigenvalue weighted by Gasteiger charge is -2.38. The minimum Gasteiger partial charge on any atom is -0.316 e. The van der Waals surface area contributed by atoms with E-state index in [2.05, 4.69) is 53.2 Å². The van der Waals surface area contributed by atoms with Crippen molar-refractivity contribution in [3.63, 3.8) is 0 Å². The van der Waals surface area contributed by atoms with Gasteiger partial charge in [-0.15, -0.1) is 0 Å². The van der Waals surface area contributed by atoms with Crippen molar-refractivity contribution in [1.82, 2.24) is 0 Å².